The minimum atomic E-state index is -0.703. The van der Waals surface area contributed by atoms with E-state index in [1.54, 1.807) is 0 Å². The molecule has 0 spiro atoms. The van der Waals surface area contributed by atoms with Crippen molar-refractivity contribution in [2.24, 2.45) is 5.41 Å². The standard InChI is InChI=1S/C16H23BrO3/c1-15(2,11-18)8-9-16(3,14(19)20-4)12-6-5-7-13(17)10-12/h5-7,10,18H,8-9,11H2,1-4H3. The van der Waals surface area contributed by atoms with Gasteiger partial charge in [-0.3, -0.25) is 4.79 Å². The van der Waals surface area contributed by atoms with Gasteiger partial charge < -0.3 is 9.84 Å². The van der Waals surface area contributed by atoms with Crippen molar-refractivity contribution in [1.29, 1.82) is 0 Å². The summed E-state index contributed by atoms with van der Waals surface area (Å²) in [6, 6.07) is 7.73. The number of halogens is 1. The summed E-state index contributed by atoms with van der Waals surface area (Å²) in [6.45, 7) is 5.98. The number of methoxy groups -OCH3 is 1. The van der Waals surface area contributed by atoms with Gasteiger partial charge in [-0.25, -0.2) is 0 Å². The molecule has 0 saturated carbocycles. The van der Waals surface area contributed by atoms with E-state index in [4.69, 9.17) is 4.74 Å². The van der Waals surface area contributed by atoms with Crippen LogP contribution in [-0.2, 0) is 14.9 Å². The molecule has 112 valence electrons. The number of carbonyl (C=O) groups excluding carboxylic acids is 1. The summed E-state index contributed by atoms with van der Waals surface area (Å²) in [5.74, 6) is -0.246. The first-order chi connectivity index (χ1) is 9.25. The largest absolute Gasteiger partial charge is 0.468 e. The third-order valence-electron chi connectivity index (χ3n) is 3.83. The fourth-order valence-corrected chi connectivity index (χ4v) is 2.49. The van der Waals surface area contributed by atoms with Gasteiger partial charge in [-0.1, -0.05) is 41.9 Å². The van der Waals surface area contributed by atoms with E-state index in [-0.39, 0.29) is 18.0 Å². The lowest BCUT2D eigenvalue weighted by molar-refractivity contribution is -0.147. The Morgan fingerprint density at radius 1 is 1.30 bits per heavy atom. The van der Waals surface area contributed by atoms with Crippen LogP contribution in [0.15, 0.2) is 28.7 Å². The second kappa shape index (κ2) is 6.72. The summed E-state index contributed by atoms with van der Waals surface area (Å²) in [6.07, 6.45) is 1.37. The molecular weight excluding hydrogens is 320 g/mol. The molecular formula is C16H23BrO3. The average Bonchev–Trinajstić information content (AvgIpc) is 2.44. The Morgan fingerprint density at radius 3 is 2.45 bits per heavy atom. The molecule has 1 atom stereocenters. The van der Waals surface area contributed by atoms with Gasteiger partial charge in [0, 0.05) is 11.1 Å². The molecule has 0 aliphatic heterocycles. The Morgan fingerprint density at radius 2 is 1.95 bits per heavy atom. The van der Waals surface area contributed by atoms with E-state index in [0.717, 1.165) is 16.5 Å². The van der Waals surface area contributed by atoms with Crippen LogP contribution < -0.4 is 0 Å². The number of ether oxygens (including phenoxy) is 1. The smallest absolute Gasteiger partial charge is 0.315 e. The van der Waals surface area contributed by atoms with Gasteiger partial charge in [0.25, 0.3) is 0 Å². The first-order valence-corrected chi connectivity index (χ1v) is 7.50. The number of rotatable bonds is 6. The molecule has 0 aliphatic rings. The van der Waals surface area contributed by atoms with Gasteiger partial charge in [0.15, 0.2) is 0 Å². The summed E-state index contributed by atoms with van der Waals surface area (Å²) < 4.78 is 5.93. The van der Waals surface area contributed by atoms with E-state index < -0.39 is 5.41 Å². The van der Waals surface area contributed by atoms with Crippen LogP contribution in [-0.4, -0.2) is 24.8 Å². The maximum Gasteiger partial charge on any atom is 0.315 e. The van der Waals surface area contributed by atoms with E-state index in [2.05, 4.69) is 15.9 Å². The Hall–Kier alpha value is -0.870. The first kappa shape index (κ1) is 17.2. The molecule has 1 rings (SSSR count). The fraction of sp³-hybridized carbons (Fsp3) is 0.562. The Bertz CT molecular complexity index is 471. The second-order valence-corrected chi connectivity index (χ2v) is 7.07. The van der Waals surface area contributed by atoms with Gasteiger partial charge in [-0.15, -0.1) is 0 Å². The first-order valence-electron chi connectivity index (χ1n) is 6.70. The highest BCUT2D eigenvalue weighted by Gasteiger charge is 2.37. The number of hydrogen-bond donors (Lipinski definition) is 1. The van der Waals surface area contributed by atoms with Crippen molar-refractivity contribution in [3.8, 4) is 0 Å². The number of esters is 1. The topological polar surface area (TPSA) is 46.5 Å². The van der Waals surface area contributed by atoms with Crippen LogP contribution >= 0.6 is 15.9 Å². The van der Waals surface area contributed by atoms with Gasteiger partial charge in [0.05, 0.1) is 12.5 Å². The van der Waals surface area contributed by atoms with Gasteiger partial charge >= 0.3 is 5.97 Å². The fourth-order valence-electron chi connectivity index (χ4n) is 2.09. The van der Waals surface area contributed by atoms with Crippen LogP contribution in [0.2, 0.25) is 0 Å². The highest BCUT2D eigenvalue weighted by atomic mass is 79.9. The van der Waals surface area contributed by atoms with Gasteiger partial charge in [0.2, 0.25) is 0 Å². The van der Waals surface area contributed by atoms with Crippen LogP contribution in [0, 0.1) is 5.41 Å². The molecule has 20 heavy (non-hydrogen) atoms. The van der Waals surface area contributed by atoms with E-state index in [1.165, 1.54) is 7.11 Å². The quantitative estimate of drug-likeness (QED) is 0.802. The minimum absolute atomic E-state index is 0.0999. The second-order valence-electron chi connectivity index (χ2n) is 6.16. The number of aliphatic hydroxyl groups is 1. The molecule has 0 radical (unpaired) electrons. The molecule has 4 heteroatoms. The zero-order valence-corrected chi connectivity index (χ0v) is 14.2. The summed E-state index contributed by atoms with van der Waals surface area (Å²) in [5, 5.41) is 9.38. The van der Waals surface area contributed by atoms with Crippen molar-refractivity contribution >= 4 is 21.9 Å². The van der Waals surface area contributed by atoms with Crippen molar-refractivity contribution in [3.05, 3.63) is 34.3 Å². The van der Waals surface area contributed by atoms with Crippen molar-refractivity contribution in [1.82, 2.24) is 0 Å². The predicted octanol–water partition coefficient (Wildman–Crippen LogP) is 3.68. The zero-order valence-electron chi connectivity index (χ0n) is 12.6. The molecule has 3 nitrogen and oxygen atoms in total. The molecule has 1 aromatic rings. The Balaban J connectivity index is 3.07. The summed E-state index contributed by atoms with van der Waals surface area (Å²) in [7, 11) is 1.41. The number of aliphatic hydroxyl groups excluding tert-OH is 1. The molecule has 0 fully saturated rings. The zero-order chi connectivity index (χ0) is 15.4. The maximum atomic E-state index is 12.3. The Labute approximate surface area is 129 Å². The van der Waals surface area contributed by atoms with Crippen LogP contribution in [0.5, 0.6) is 0 Å². The van der Waals surface area contributed by atoms with Crippen molar-refractivity contribution in [2.75, 3.05) is 13.7 Å². The average molecular weight is 343 g/mol. The number of hydrogen-bond acceptors (Lipinski definition) is 3. The highest BCUT2D eigenvalue weighted by molar-refractivity contribution is 9.10. The molecule has 0 aliphatic carbocycles. The third-order valence-corrected chi connectivity index (χ3v) is 4.32. The summed E-state index contributed by atoms with van der Waals surface area (Å²) >= 11 is 3.44. The lowest BCUT2D eigenvalue weighted by Gasteiger charge is -2.31. The van der Waals surface area contributed by atoms with Crippen LogP contribution in [0.1, 0.15) is 39.2 Å². The molecule has 0 amide bonds. The molecule has 1 N–H and O–H groups in total. The minimum Gasteiger partial charge on any atom is -0.468 e. The maximum absolute atomic E-state index is 12.3. The normalized spacial score (nSPS) is 14.7. The number of benzene rings is 1. The van der Waals surface area contributed by atoms with Crippen LogP contribution in [0.4, 0.5) is 0 Å². The molecule has 1 unspecified atom stereocenters. The molecule has 1 aromatic carbocycles. The Kier molecular flexibility index (Phi) is 5.78. The van der Waals surface area contributed by atoms with E-state index in [0.29, 0.717) is 6.42 Å². The van der Waals surface area contributed by atoms with Gasteiger partial charge in [-0.2, -0.15) is 0 Å². The predicted molar refractivity (Wildman–Crippen MR) is 83.6 cm³/mol. The lowest BCUT2D eigenvalue weighted by atomic mass is 9.74. The van der Waals surface area contributed by atoms with E-state index in [9.17, 15) is 9.90 Å². The molecule has 0 aromatic heterocycles. The molecule has 0 heterocycles. The number of carbonyl (C=O) groups is 1. The van der Waals surface area contributed by atoms with Crippen molar-refractivity contribution in [3.63, 3.8) is 0 Å². The highest BCUT2D eigenvalue weighted by Crippen LogP contribution is 2.36. The van der Waals surface area contributed by atoms with Crippen LogP contribution in [0.25, 0.3) is 0 Å². The van der Waals surface area contributed by atoms with Gasteiger partial charge in [-0.05, 0) is 42.9 Å². The van der Waals surface area contributed by atoms with E-state index in [1.807, 2.05) is 45.0 Å². The van der Waals surface area contributed by atoms with Crippen molar-refractivity contribution < 1.29 is 14.6 Å². The van der Waals surface area contributed by atoms with Crippen molar-refractivity contribution in [2.45, 2.75) is 39.0 Å². The molecule has 0 saturated heterocycles. The lowest BCUT2D eigenvalue weighted by Crippen LogP contribution is -2.35. The summed E-state index contributed by atoms with van der Waals surface area (Å²) in [4.78, 5) is 12.3. The van der Waals surface area contributed by atoms with E-state index >= 15 is 0 Å². The SMILES string of the molecule is COC(=O)C(C)(CCC(C)(C)CO)c1cccc(Br)c1. The van der Waals surface area contributed by atoms with Crippen LogP contribution in [0.3, 0.4) is 0 Å². The molecule has 0 bridgehead atoms. The monoisotopic (exact) mass is 342 g/mol. The van der Waals surface area contributed by atoms with Gasteiger partial charge in [0.1, 0.15) is 0 Å². The summed E-state index contributed by atoms with van der Waals surface area (Å²) in [5.41, 5.74) is 0.0131. The third kappa shape index (κ3) is 4.06.